The molecule has 0 aliphatic carbocycles. The summed E-state index contributed by atoms with van der Waals surface area (Å²) in [5.41, 5.74) is 5.07. The summed E-state index contributed by atoms with van der Waals surface area (Å²) in [6.07, 6.45) is 3.12. The molecule has 1 aromatic carbocycles. The first-order valence-corrected chi connectivity index (χ1v) is 4.96. The van der Waals surface area contributed by atoms with Crippen LogP contribution in [0.15, 0.2) is 29.4 Å². The lowest BCUT2D eigenvalue weighted by Crippen LogP contribution is -1.91. The fraction of sp³-hybridized carbons (Fsp3) is 0.250. The van der Waals surface area contributed by atoms with Gasteiger partial charge in [-0.05, 0) is 25.0 Å². The average molecular weight is 184 g/mol. The Morgan fingerprint density at radius 1 is 1.36 bits per heavy atom. The first-order valence-electron chi connectivity index (χ1n) is 4.96. The molecule has 0 unspecified atom stereocenters. The van der Waals surface area contributed by atoms with E-state index in [1.165, 1.54) is 22.0 Å². The molecule has 3 rings (SSSR count). The Labute approximate surface area is 82.7 Å². The zero-order valence-electron chi connectivity index (χ0n) is 8.17. The van der Waals surface area contributed by atoms with E-state index in [1.807, 2.05) is 0 Å². The van der Waals surface area contributed by atoms with E-state index in [0.29, 0.717) is 0 Å². The van der Waals surface area contributed by atoms with E-state index >= 15 is 0 Å². The second-order valence-electron chi connectivity index (χ2n) is 3.76. The number of H-pyrrole nitrogens is 1. The highest BCUT2D eigenvalue weighted by Gasteiger charge is 2.12. The van der Waals surface area contributed by atoms with Gasteiger partial charge in [-0.15, -0.1) is 0 Å². The van der Waals surface area contributed by atoms with Crippen LogP contribution in [0.25, 0.3) is 10.9 Å². The van der Waals surface area contributed by atoms with Gasteiger partial charge in [0.2, 0.25) is 0 Å². The van der Waals surface area contributed by atoms with E-state index < -0.39 is 0 Å². The predicted molar refractivity (Wildman–Crippen MR) is 59.1 cm³/mol. The third-order valence-electron chi connectivity index (χ3n) is 2.91. The average Bonchev–Trinajstić information content (AvgIpc) is 2.54. The Bertz CT molecular complexity index is 520. The van der Waals surface area contributed by atoms with E-state index in [9.17, 15) is 0 Å². The predicted octanol–water partition coefficient (Wildman–Crippen LogP) is 2.53. The maximum atomic E-state index is 4.53. The van der Waals surface area contributed by atoms with Crippen LogP contribution in [0.1, 0.15) is 18.1 Å². The van der Waals surface area contributed by atoms with Crippen LogP contribution in [0.5, 0.6) is 0 Å². The molecule has 0 atom stereocenters. The van der Waals surface area contributed by atoms with Crippen LogP contribution in [0.4, 0.5) is 0 Å². The maximum absolute atomic E-state index is 4.53. The fourth-order valence-electron chi connectivity index (χ4n) is 2.18. The molecular weight excluding hydrogens is 172 g/mol. The normalized spacial score (nSPS) is 15.4. The lowest BCUT2D eigenvalue weighted by atomic mass is 10.0. The smallest absolute Gasteiger partial charge is 0.0463 e. The van der Waals surface area contributed by atoms with Gasteiger partial charge in [-0.2, -0.15) is 0 Å². The third-order valence-corrected chi connectivity index (χ3v) is 2.91. The molecule has 0 saturated heterocycles. The molecule has 70 valence electrons. The third kappa shape index (κ3) is 0.939. The number of rotatable bonds is 0. The second kappa shape index (κ2) is 2.71. The van der Waals surface area contributed by atoms with Crippen molar-refractivity contribution < 1.29 is 0 Å². The molecule has 2 heterocycles. The summed E-state index contributed by atoms with van der Waals surface area (Å²) < 4.78 is 0. The first kappa shape index (κ1) is 7.80. The Morgan fingerprint density at radius 2 is 2.29 bits per heavy atom. The summed E-state index contributed by atoms with van der Waals surface area (Å²) in [7, 11) is 0. The van der Waals surface area contributed by atoms with Gasteiger partial charge in [-0.1, -0.05) is 12.1 Å². The number of nitrogens with one attached hydrogen (secondary N) is 1. The zero-order chi connectivity index (χ0) is 9.54. The Hall–Kier alpha value is -1.57. The summed E-state index contributed by atoms with van der Waals surface area (Å²) in [5, 5.41) is 1.37. The van der Waals surface area contributed by atoms with Gasteiger partial charge in [0.25, 0.3) is 0 Å². The van der Waals surface area contributed by atoms with Crippen molar-refractivity contribution >= 4 is 16.6 Å². The quantitative estimate of drug-likeness (QED) is 0.651. The highest BCUT2D eigenvalue weighted by atomic mass is 14.8. The number of aromatic amines is 1. The summed E-state index contributed by atoms with van der Waals surface area (Å²) in [4.78, 5) is 7.83. The van der Waals surface area contributed by atoms with Crippen LogP contribution in [0.2, 0.25) is 0 Å². The zero-order valence-corrected chi connectivity index (χ0v) is 8.17. The number of hydrogen-bond acceptors (Lipinski definition) is 1. The molecule has 0 fully saturated rings. The minimum Gasteiger partial charge on any atom is -0.360 e. The van der Waals surface area contributed by atoms with Crippen molar-refractivity contribution in [1.29, 1.82) is 0 Å². The Kier molecular flexibility index (Phi) is 1.51. The molecule has 0 amide bonds. The highest BCUT2D eigenvalue weighted by molar-refractivity contribution is 6.11. The van der Waals surface area contributed by atoms with Crippen LogP contribution >= 0.6 is 0 Å². The molecule has 0 spiro atoms. The Morgan fingerprint density at radius 3 is 3.21 bits per heavy atom. The van der Waals surface area contributed by atoms with Gasteiger partial charge in [-0.3, -0.25) is 4.99 Å². The summed E-state index contributed by atoms with van der Waals surface area (Å²) in [5.74, 6) is 0. The molecule has 2 heteroatoms. The van der Waals surface area contributed by atoms with Gasteiger partial charge in [0, 0.05) is 34.9 Å². The van der Waals surface area contributed by atoms with E-state index in [0.717, 1.165) is 18.7 Å². The number of benzene rings is 1. The number of aliphatic imine (C=N–C) groups is 1. The lowest BCUT2D eigenvalue weighted by molar-refractivity contribution is 0.982. The standard InChI is InChI=1S/C12H12N2/c1-8-10-7-14-11-4-2-3-9(12(10)11)5-6-13-8/h2-4,7,14H,5-6H2,1H3. The van der Waals surface area contributed by atoms with E-state index in [4.69, 9.17) is 0 Å². The van der Waals surface area contributed by atoms with Crippen LogP contribution < -0.4 is 0 Å². The van der Waals surface area contributed by atoms with Crippen molar-refractivity contribution in [1.82, 2.24) is 4.98 Å². The fourth-order valence-corrected chi connectivity index (χ4v) is 2.18. The summed E-state index contributed by atoms with van der Waals surface area (Å²) >= 11 is 0. The minimum absolute atomic E-state index is 0.916. The number of nitrogens with zero attached hydrogens (tertiary/aromatic N) is 1. The van der Waals surface area contributed by atoms with Crippen molar-refractivity contribution in [2.75, 3.05) is 6.54 Å². The molecule has 1 aliphatic heterocycles. The second-order valence-corrected chi connectivity index (χ2v) is 3.76. The largest absolute Gasteiger partial charge is 0.360 e. The van der Waals surface area contributed by atoms with Crippen molar-refractivity contribution in [2.45, 2.75) is 13.3 Å². The molecule has 14 heavy (non-hydrogen) atoms. The lowest BCUT2D eigenvalue weighted by Gasteiger charge is -1.99. The molecular formula is C12H12N2. The first-order chi connectivity index (χ1) is 6.86. The van der Waals surface area contributed by atoms with E-state index in [2.05, 4.69) is 41.3 Å². The molecule has 1 aliphatic rings. The Balaban J connectivity index is 2.46. The van der Waals surface area contributed by atoms with Gasteiger partial charge in [0.05, 0.1) is 0 Å². The van der Waals surface area contributed by atoms with Crippen LogP contribution in [0, 0.1) is 0 Å². The van der Waals surface area contributed by atoms with E-state index in [-0.39, 0.29) is 0 Å². The maximum Gasteiger partial charge on any atom is 0.0463 e. The van der Waals surface area contributed by atoms with Crippen molar-refractivity contribution in [2.24, 2.45) is 4.99 Å². The SMILES string of the molecule is CC1=NCCc2cccc3[nH]cc1c23. The van der Waals surface area contributed by atoms with Crippen LogP contribution in [0.3, 0.4) is 0 Å². The molecule has 1 N–H and O–H groups in total. The van der Waals surface area contributed by atoms with Crippen molar-refractivity contribution in [3.8, 4) is 0 Å². The summed E-state index contributed by atoms with van der Waals surface area (Å²) in [6, 6.07) is 6.44. The van der Waals surface area contributed by atoms with Gasteiger partial charge >= 0.3 is 0 Å². The molecule has 0 saturated carbocycles. The molecule has 1 aromatic heterocycles. The topological polar surface area (TPSA) is 28.1 Å². The van der Waals surface area contributed by atoms with Gasteiger partial charge in [-0.25, -0.2) is 0 Å². The van der Waals surface area contributed by atoms with E-state index in [1.54, 1.807) is 0 Å². The van der Waals surface area contributed by atoms with Crippen molar-refractivity contribution in [3.63, 3.8) is 0 Å². The summed E-state index contributed by atoms with van der Waals surface area (Å²) in [6.45, 7) is 3.00. The highest BCUT2D eigenvalue weighted by Crippen LogP contribution is 2.25. The molecule has 0 bridgehead atoms. The van der Waals surface area contributed by atoms with Crippen LogP contribution in [-0.4, -0.2) is 17.2 Å². The van der Waals surface area contributed by atoms with Crippen LogP contribution in [-0.2, 0) is 6.42 Å². The molecule has 2 aromatic rings. The van der Waals surface area contributed by atoms with Crippen molar-refractivity contribution in [3.05, 3.63) is 35.5 Å². The minimum atomic E-state index is 0.916. The molecule has 0 radical (unpaired) electrons. The molecule has 2 nitrogen and oxygen atoms in total. The van der Waals surface area contributed by atoms with Gasteiger partial charge < -0.3 is 4.98 Å². The monoisotopic (exact) mass is 184 g/mol. The van der Waals surface area contributed by atoms with Gasteiger partial charge in [0.1, 0.15) is 0 Å². The van der Waals surface area contributed by atoms with Gasteiger partial charge in [0.15, 0.2) is 0 Å². The number of aromatic nitrogens is 1. The number of hydrogen-bond donors (Lipinski definition) is 1.